The molecule has 1 heterocycles. The van der Waals surface area contributed by atoms with Gasteiger partial charge in [0.05, 0.1) is 6.10 Å². The van der Waals surface area contributed by atoms with Gasteiger partial charge in [0, 0.05) is 11.4 Å². The van der Waals surface area contributed by atoms with Crippen molar-refractivity contribution in [3.8, 4) is 5.75 Å². The van der Waals surface area contributed by atoms with Crippen LogP contribution in [0.25, 0.3) is 0 Å². The van der Waals surface area contributed by atoms with Crippen molar-refractivity contribution in [2.45, 2.75) is 11.3 Å². The number of nitrogen functional groups attached to an aromatic ring is 1. The number of rotatable bonds is 6. The SMILES string of the molecule is Nc1ccc(OCC(O)CSc2ncn[nH]2)cc1. The Labute approximate surface area is 109 Å². The third-order valence-corrected chi connectivity index (χ3v) is 3.15. The molecule has 1 aromatic heterocycles. The van der Waals surface area contributed by atoms with Gasteiger partial charge in [0.25, 0.3) is 0 Å². The minimum Gasteiger partial charge on any atom is -0.491 e. The minimum absolute atomic E-state index is 0.227. The Kier molecular flexibility index (Phi) is 4.43. The number of anilines is 1. The van der Waals surface area contributed by atoms with Gasteiger partial charge in [-0.15, -0.1) is 0 Å². The number of nitrogens with one attached hydrogen (secondary N) is 1. The fraction of sp³-hybridized carbons (Fsp3) is 0.273. The molecule has 0 bridgehead atoms. The Morgan fingerprint density at radius 3 is 2.83 bits per heavy atom. The second kappa shape index (κ2) is 6.27. The highest BCUT2D eigenvalue weighted by molar-refractivity contribution is 7.99. The second-order valence-corrected chi connectivity index (χ2v) is 4.64. The Hall–Kier alpha value is -1.73. The molecule has 1 unspecified atom stereocenters. The summed E-state index contributed by atoms with van der Waals surface area (Å²) in [5, 5.41) is 16.8. The van der Waals surface area contributed by atoms with Crippen LogP contribution in [-0.2, 0) is 0 Å². The van der Waals surface area contributed by atoms with Crippen molar-refractivity contribution in [3.63, 3.8) is 0 Å². The molecule has 18 heavy (non-hydrogen) atoms. The Bertz CT molecular complexity index is 460. The summed E-state index contributed by atoms with van der Waals surface area (Å²) in [7, 11) is 0. The van der Waals surface area contributed by atoms with E-state index in [0.717, 1.165) is 0 Å². The molecular weight excluding hydrogens is 252 g/mol. The van der Waals surface area contributed by atoms with Crippen molar-refractivity contribution in [2.75, 3.05) is 18.1 Å². The van der Waals surface area contributed by atoms with E-state index in [1.165, 1.54) is 18.1 Å². The van der Waals surface area contributed by atoms with Gasteiger partial charge in [-0.25, -0.2) is 4.98 Å². The maximum atomic E-state index is 9.73. The predicted molar refractivity (Wildman–Crippen MR) is 69.5 cm³/mol. The molecule has 7 heteroatoms. The molecule has 0 aliphatic rings. The molecule has 0 aliphatic carbocycles. The third kappa shape index (κ3) is 3.94. The van der Waals surface area contributed by atoms with Crippen LogP contribution in [0.3, 0.4) is 0 Å². The summed E-state index contributed by atoms with van der Waals surface area (Å²) < 4.78 is 5.43. The fourth-order valence-corrected chi connectivity index (χ4v) is 1.93. The van der Waals surface area contributed by atoms with E-state index in [-0.39, 0.29) is 6.61 Å². The van der Waals surface area contributed by atoms with Crippen LogP contribution in [0.4, 0.5) is 5.69 Å². The van der Waals surface area contributed by atoms with E-state index in [2.05, 4.69) is 15.2 Å². The van der Waals surface area contributed by atoms with E-state index in [9.17, 15) is 5.11 Å². The van der Waals surface area contributed by atoms with Gasteiger partial charge >= 0.3 is 0 Å². The molecule has 2 rings (SSSR count). The minimum atomic E-state index is -0.572. The Morgan fingerprint density at radius 1 is 1.39 bits per heavy atom. The van der Waals surface area contributed by atoms with E-state index in [4.69, 9.17) is 10.5 Å². The lowest BCUT2D eigenvalue weighted by molar-refractivity contribution is 0.126. The number of aromatic nitrogens is 3. The molecule has 4 N–H and O–H groups in total. The van der Waals surface area contributed by atoms with Crippen LogP contribution >= 0.6 is 11.8 Å². The first-order valence-electron chi connectivity index (χ1n) is 5.38. The van der Waals surface area contributed by atoms with E-state index in [0.29, 0.717) is 22.3 Å². The molecule has 0 saturated carbocycles. The largest absolute Gasteiger partial charge is 0.491 e. The lowest BCUT2D eigenvalue weighted by Crippen LogP contribution is -2.20. The van der Waals surface area contributed by atoms with Crippen molar-refractivity contribution >= 4 is 17.4 Å². The maximum absolute atomic E-state index is 9.73. The first-order chi connectivity index (χ1) is 8.74. The number of aliphatic hydroxyl groups excluding tert-OH is 1. The molecule has 0 spiro atoms. The van der Waals surface area contributed by atoms with Gasteiger partial charge in [-0.1, -0.05) is 11.8 Å². The summed E-state index contributed by atoms with van der Waals surface area (Å²) in [5.74, 6) is 1.18. The van der Waals surface area contributed by atoms with Crippen LogP contribution in [0.5, 0.6) is 5.75 Å². The summed E-state index contributed by atoms with van der Waals surface area (Å²) in [6.07, 6.45) is 0.859. The molecule has 2 aromatic rings. The topological polar surface area (TPSA) is 97.1 Å². The molecule has 0 amide bonds. The highest BCUT2D eigenvalue weighted by atomic mass is 32.2. The Morgan fingerprint density at radius 2 is 2.17 bits per heavy atom. The normalized spacial score (nSPS) is 12.3. The number of hydrogen-bond donors (Lipinski definition) is 3. The number of hydrogen-bond acceptors (Lipinski definition) is 6. The summed E-state index contributed by atoms with van der Waals surface area (Å²) in [6, 6.07) is 7.05. The van der Waals surface area contributed by atoms with Crippen LogP contribution in [0.1, 0.15) is 0 Å². The summed E-state index contributed by atoms with van der Waals surface area (Å²) in [6.45, 7) is 0.227. The van der Waals surface area contributed by atoms with Gasteiger partial charge in [0.2, 0.25) is 0 Å². The van der Waals surface area contributed by atoms with Crippen molar-refractivity contribution in [3.05, 3.63) is 30.6 Å². The molecule has 0 radical (unpaired) electrons. The third-order valence-electron chi connectivity index (χ3n) is 2.13. The number of ether oxygens (including phenoxy) is 1. The van der Waals surface area contributed by atoms with Gasteiger partial charge in [0.1, 0.15) is 18.7 Å². The van der Waals surface area contributed by atoms with Crippen LogP contribution in [0.15, 0.2) is 35.7 Å². The van der Waals surface area contributed by atoms with Crippen molar-refractivity contribution in [1.82, 2.24) is 15.2 Å². The lowest BCUT2D eigenvalue weighted by atomic mass is 10.3. The molecule has 0 saturated heterocycles. The van der Waals surface area contributed by atoms with Gasteiger partial charge < -0.3 is 15.6 Å². The second-order valence-electron chi connectivity index (χ2n) is 3.64. The van der Waals surface area contributed by atoms with E-state index in [1.807, 2.05) is 0 Å². The van der Waals surface area contributed by atoms with Crippen LogP contribution in [0.2, 0.25) is 0 Å². The van der Waals surface area contributed by atoms with Crippen molar-refractivity contribution < 1.29 is 9.84 Å². The fourth-order valence-electron chi connectivity index (χ4n) is 1.24. The zero-order chi connectivity index (χ0) is 12.8. The zero-order valence-corrected chi connectivity index (χ0v) is 10.4. The quantitative estimate of drug-likeness (QED) is 0.531. The van der Waals surface area contributed by atoms with Crippen LogP contribution in [-0.4, -0.2) is 38.8 Å². The number of benzene rings is 1. The maximum Gasteiger partial charge on any atom is 0.183 e. The van der Waals surface area contributed by atoms with Crippen molar-refractivity contribution in [2.24, 2.45) is 0 Å². The van der Waals surface area contributed by atoms with Crippen LogP contribution < -0.4 is 10.5 Å². The summed E-state index contributed by atoms with van der Waals surface area (Å²) >= 11 is 1.39. The number of nitrogens with zero attached hydrogens (tertiary/aromatic N) is 2. The molecular formula is C11H14N4O2S. The molecule has 0 fully saturated rings. The van der Waals surface area contributed by atoms with Gasteiger partial charge in [0.15, 0.2) is 5.16 Å². The summed E-state index contributed by atoms with van der Waals surface area (Å²) in [5.41, 5.74) is 6.24. The molecule has 1 aromatic carbocycles. The average Bonchev–Trinajstić information content (AvgIpc) is 2.89. The molecule has 96 valence electrons. The Balaban J connectivity index is 1.71. The standard InChI is InChI=1S/C11H14N4O2S/c12-8-1-3-10(4-2-8)17-5-9(16)6-18-11-13-7-14-15-11/h1-4,7,9,16H,5-6,12H2,(H,13,14,15). The highest BCUT2D eigenvalue weighted by Gasteiger charge is 2.07. The first-order valence-corrected chi connectivity index (χ1v) is 6.37. The number of aliphatic hydroxyl groups is 1. The highest BCUT2D eigenvalue weighted by Crippen LogP contribution is 2.15. The van der Waals surface area contributed by atoms with Gasteiger partial charge in [-0.05, 0) is 24.3 Å². The predicted octanol–water partition coefficient (Wildman–Crippen LogP) is 0.919. The first kappa shape index (κ1) is 12.7. The van der Waals surface area contributed by atoms with E-state index >= 15 is 0 Å². The smallest absolute Gasteiger partial charge is 0.183 e. The number of nitrogens with two attached hydrogens (primary N) is 1. The number of aromatic amines is 1. The number of thioether (sulfide) groups is 1. The number of H-pyrrole nitrogens is 1. The van der Waals surface area contributed by atoms with Gasteiger partial charge in [-0.2, -0.15) is 5.10 Å². The zero-order valence-electron chi connectivity index (χ0n) is 9.61. The van der Waals surface area contributed by atoms with E-state index in [1.54, 1.807) is 24.3 Å². The monoisotopic (exact) mass is 266 g/mol. The van der Waals surface area contributed by atoms with E-state index < -0.39 is 6.10 Å². The molecule has 1 atom stereocenters. The molecule has 0 aliphatic heterocycles. The average molecular weight is 266 g/mol. The van der Waals surface area contributed by atoms with Crippen molar-refractivity contribution in [1.29, 1.82) is 0 Å². The molecule has 6 nitrogen and oxygen atoms in total. The van der Waals surface area contributed by atoms with Gasteiger partial charge in [-0.3, -0.25) is 5.10 Å². The lowest BCUT2D eigenvalue weighted by Gasteiger charge is -2.11. The summed E-state index contributed by atoms with van der Waals surface area (Å²) in [4.78, 5) is 3.95. The van der Waals surface area contributed by atoms with Crippen LogP contribution in [0, 0.1) is 0 Å².